The molecule has 2 aliphatic rings. The molecule has 0 saturated carbocycles. The van der Waals surface area contributed by atoms with Gasteiger partial charge < -0.3 is 19.8 Å². The molecule has 10 heteroatoms. The monoisotopic (exact) mass is 501 g/mol. The van der Waals surface area contributed by atoms with Crippen molar-refractivity contribution in [3.63, 3.8) is 0 Å². The van der Waals surface area contributed by atoms with Gasteiger partial charge in [-0.15, -0.1) is 0 Å². The van der Waals surface area contributed by atoms with Crippen LogP contribution in [0.5, 0.6) is 5.75 Å². The van der Waals surface area contributed by atoms with Crippen molar-refractivity contribution < 1.29 is 18.7 Å². The molecule has 1 atom stereocenters. The van der Waals surface area contributed by atoms with Crippen molar-refractivity contribution >= 4 is 40.1 Å². The van der Waals surface area contributed by atoms with Crippen molar-refractivity contribution in [2.75, 3.05) is 43.5 Å². The number of piperidine rings is 1. The summed E-state index contributed by atoms with van der Waals surface area (Å²) in [6.45, 7) is 3.73. The number of fused-ring (bicyclic) bond motifs is 1. The van der Waals surface area contributed by atoms with Crippen molar-refractivity contribution in [2.45, 2.75) is 31.8 Å². The van der Waals surface area contributed by atoms with Crippen LogP contribution >= 0.6 is 11.6 Å². The highest BCUT2D eigenvalue weighted by atomic mass is 35.5. The molecule has 0 radical (unpaired) electrons. The maximum atomic E-state index is 16.1. The lowest BCUT2D eigenvalue weighted by atomic mass is 9.99. The first-order valence-electron chi connectivity index (χ1n) is 11.6. The lowest BCUT2D eigenvalue weighted by molar-refractivity contribution is -0.120. The van der Waals surface area contributed by atoms with E-state index in [4.69, 9.17) is 16.6 Å². The summed E-state index contributed by atoms with van der Waals surface area (Å²) in [5.41, 5.74) is -0.620. The zero-order chi connectivity index (χ0) is 25.0. The fourth-order valence-electron chi connectivity index (χ4n) is 4.75. The lowest BCUT2D eigenvalue weighted by Crippen LogP contribution is -2.58. The Bertz CT molecular complexity index is 1310. The van der Waals surface area contributed by atoms with Crippen LogP contribution in [0.2, 0.25) is 5.02 Å². The van der Waals surface area contributed by atoms with E-state index >= 15 is 4.39 Å². The Morgan fingerprint density at radius 1 is 1.17 bits per heavy atom. The van der Waals surface area contributed by atoms with Crippen LogP contribution in [0, 0.1) is 11.6 Å². The van der Waals surface area contributed by atoms with Crippen molar-refractivity contribution in [1.29, 1.82) is 0 Å². The first-order chi connectivity index (χ1) is 16.7. The molecule has 1 aromatic heterocycles. The summed E-state index contributed by atoms with van der Waals surface area (Å²) in [6.07, 6.45) is 1.14. The number of rotatable bonds is 4. The van der Waals surface area contributed by atoms with Crippen molar-refractivity contribution in [1.82, 2.24) is 14.9 Å². The molecule has 184 valence electrons. The highest BCUT2D eigenvalue weighted by molar-refractivity contribution is 6.34. The summed E-state index contributed by atoms with van der Waals surface area (Å²) >= 11 is 6.48. The minimum absolute atomic E-state index is 0.0365. The van der Waals surface area contributed by atoms with E-state index in [2.05, 4.69) is 9.88 Å². The third kappa shape index (κ3) is 3.96. The fraction of sp³-hybridized carbons (Fsp3) is 0.400. The normalized spacial score (nSPS) is 19.1. The summed E-state index contributed by atoms with van der Waals surface area (Å²) < 4.78 is 30.8. The van der Waals surface area contributed by atoms with Gasteiger partial charge in [0.1, 0.15) is 22.9 Å². The number of nitrogens with zero attached hydrogens (tertiary/aromatic N) is 5. The van der Waals surface area contributed by atoms with Crippen LogP contribution in [0.15, 0.2) is 24.3 Å². The Morgan fingerprint density at radius 2 is 1.91 bits per heavy atom. The van der Waals surface area contributed by atoms with E-state index in [1.165, 1.54) is 18.2 Å². The van der Waals surface area contributed by atoms with Crippen molar-refractivity contribution in [2.24, 2.45) is 0 Å². The smallest absolute Gasteiger partial charge is 0.228 e. The molecule has 2 saturated heterocycles. The lowest BCUT2D eigenvalue weighted by Gasteiger charge is -2.43. The summed E-state index contributed by atoms with van der Waals surface area (Å²) in [5, 5.41) is 10.6. The average molecular weight is 502 g/mol. The molecule has 1 unspecified atom stereocenters. The largest absolute Gasteiger partial charge is 0.507 e. The third-order valence-electron chi connectivity index (χ3n) is 7.00. The van der Waals surface area contributed by atoms with Crippen LogP contribution in [0.25, 0.3) is 22.0 Å². The second-order valence-corrected chi connectivity index (χ2v) is 9.79. The summed E-state index contributed by atoms with van der Waals surface area (Å²) in [4.78, 5) is 27.7. The molecule has 2 aliphatic heterocycles. The predicted octanol–water partition coefficient (Wildman–Crippen LogP) is 4.24. The molecular weight excluding hydrogens is 476 g/mol. The van der Waals surface area contributed by atoms with Crippen LogP contribution in [0.1, 0.15) is 19.8 Å². The number of likely N-dealkylation sites (N-methyl/N-ethyl adjacent to an activating group) is 1. The van der Waals surface area contributed by atoms with E-state index in [9.17, 15) is 14.3 Å². The fourth-order valence-corrected chi connectivity index (χ4v) is 5.04. The molecule has 2 fully saturated rings. The maximum absolute atomic E-state index is 16.1. The molecule has 1 N–H and O–H groups in total. The minimum atomic E-state index is -0.849. The Morgan fingerprint density at radius 3 is 2.60 bits per heavy atom. The van der Waals surface area contributed by atoms with Crippen LogP contribution in [-0.2, 0) is 4.79 Å². The number of aromatic hydroxyl groups is 1. The molecule has 35 heavy (non-hydrogen) atoms. The first kappa shape index (κ1) is 23.7. The van der Waals surface area contributed by atoms with Crippen LogP contribution in [0.4, 0.5) is 20.5 Å². The van der Waals surface area contributed by atoms with Crippen molar-refractivity contribution in [3.05, 3.63) is 40.9 Å². The maximum Gasteiger partial charge on any atom is 0.228 e. The standard InChI is InChI=1S/C25H26ClF2N5O2/c1-13-18(34)8-5-9-33(13)24-15-10-16(26)20(21-17(27)6-4-7-19(21)35)22(28)23(15)29-25(30-24)32-11-14(12-32)31(2)3/h4,6-7,10,13-14,35H,5,8-9,11-12H2,1-3H3. The topological polar surface area (TPSA) is 72.8 Å². The number of aromatic nitrogens is 2. The van der Waals surface area contributed by atoms with Crippen LogP contribution in [0.3, 0.4) is 0 Å². The number of carbonyl (C=O) groups is 1. The molecule has 0 bridgehead atoms. The molecule has 3 aromatic rings. The number of halogens is 3. The van der Waals surface area contributed by atoms with Gasteiger partial charge in [-0.25, -0.2) is 13.8 Å². The zero-order valence-electron chi connectivity index (χ0n) is 19.7. The Kier molecular flexibility index (Phi) is 6.01. The van der Waals surface area contributed by atoms with Gasteiger partial charge in [0.25, 0.3) is 0 Å². The van der Waals surface area contributed by atoms with Gasteiger partial charge >= 0.3 is 0 Å². The van der Waals surface area contributed by atoms with E-state index in [0.29, 0.717) is 55.7 Å². The number of ketones is 1. The van der Waals surface area contributed by atoms with E-state index in [1.54, 1.807) is 0 Å². The molecule has 7 nitrogen and oxygen atoms in total. The second-order valence-electron chi connectivity index (χ2n) is 9.39. The Labute approximate surface area is 206 Å². The second kappa shape index (κ2) is 8.87. The zero-order valence-corrected chi connectivity index (χ0v) is 20.5. The van der Waals surface area contributed by atoms with E-state index in [0.717, 1.165) is 6.07 Å². The number of benzene rings is 2. The van der Waals surface area contributed by atoms with E-state index < -0.39 is 23.4 Å². The number of phenolic OH excluding ortho intramolecular Hbond substituents is 1. The molecule has 0 aliphatic carbocycles. The van der Waals surface area contributed by atoms with E-state index in [-0.39, 0.29) is 27.4 Å². The molecule has 0 amide bonds. The van der Waals surface area contributed by atoms with Gasteiger partial charge in [0.05, 0.1) is 16.6 Å². The van der Waals surface area contributed by atoms with Gasteiger partial charge in [0.15, 0.2) is 11.6 Å². The van der Waals surface area contributed by atoms with Gasteiger partial charge in [-0.1, -0.05) is 17.7 Å². The molecule has 2 aromatic carbocycles. The quantitative estimate of drug-likeness (QED) is 0.573. The summed E-state index contributed by atoms with van der Waals surface area (Å²) in [7, 11) is 3.98. The number of anilines is 2. The van der Waals surface area contributed by atoms with Gasteiger partial charge in [-0.3, -0.25) is 4.79 Å². The molecule has 0 spiro atoms. The minimum Gasteiger partial charge on any atom is -0.507 e. The van der Waals surface area contributed by atoms with Gasteiger partial charge in [0, 0.05) is 43.0 Å². The Hall–Kier alpha value is -3.04. The molecular formula is C25H26ClF2N5O2. The van der Waals surface area contributed by atoms with Crippen molar-refractivity contribution in [3.8, 4) is 16.9 Å². The highest BCUT2D eigenvalue weighted by Crippen LogP contribution is 2.43. The Balaban J connectivity index is 1.73. The SMILES string of the molecule is CC1C(=O)CCCN1c1nc(N2CC(N(C)C)C2)nc2c(F)c(-c3c(O)cccc3F)c(Cl)cc12. The average Bonchev–Trinajstić information content (AvgIpc) is 2.76. The number of phenols is 1. The van der Waals surface area contributed by atoms with Gasteiger partial charge in [0.2, 0.25) is 5.95 Å². The first-order valence-corrected chi connectivity index (χ1v) is 11.9. The van der Waals surface area contributed by atoms with Gasteiger partial charge in [-0.2, -0.15) is 4.98 Å². The van der Waals surface area contributed by atoms with Crippen LogP contribution < -0.4 is 9.80 Å². The molecule has 3 heterocycles. The number of carbonyl (C=O) groups excluding carboxylic acids is 1. The highest BCUT2D eigenvalue weighted by Gasteiger charge is 2.34. The number of hydrogen-bond donors (Lipinski definition) is 1. The molecule has 5 rings (SSSR count). The number of Topliss-reactive ketones (excluding diaryl/α,β-unsaturated/α-hetero) is 1. The predicted molar refractivity (Wildman–Crippen MR) is 132 cm³/mol. The third-order valence-corrected chi connectivity index (χ3v) is 7.29. The number of hydrogen-bond acceptors (Lipinski definition) is 7. The van der Waals surface area contributed by atoms with E-state index in [1.807, 2.05) is 30.8 Å². The summed E-state index contributed by atoms with van der Waals surface area (Å²) in [5.74, 6) is -1.23. The van der Waals surface area contributed by atoms with Crippen LogP contribution in [-0.4, -0.2) is 71.6 Å². The van der Waals surface area contributed by atoms with Gasteiger partial charge in [-0.05, 0) is 45.6 Å². The summed E-state index contributed by atoms with van der Waals surface area (Å²) in [6, 6.07) is 5.11.